The maximum Gasteiger partial charge on any atom is 0.265 e. The van der Waals surface area contributed by atoms with E-state index in [-0.39, 0.29) is 18.3 Å². The Labute approximate surface area is 124 Å². The summed E-state index contributed by atoms with van der Waals surface area (Å²) >= 11 is 3.26. The molecule has 0 saturated heterocycles. The van der Waals surface area contributed by atoms with Crippen molar-refractivity contribution < 1.29 is 13.9 Å². The normalized spacial score (nSPS) is 13.9. The minimum Gasteiger partial charge on any atom is -0.482 e. The molecule has 1 aliphatic rings. The van der Waals surface area contributed by atoms with E-state index in [0.29, 0.717) is 22.5 Å². The third-order valence-electron chi connectivity index (χ3n) is 3.07. The molecule has 5 heteroatoms. The van der Waals surface area contributed by atoms with Crippen LogP contribution in [0.1, 0.15) is 5.56 Å². The minimum absolute atomic E-state index is 0.00744. The number of nitrogens with zero attached hydrogens (tertiary/aromatic N) is 1. The van der Waals surface area contributed by atoms with Crippen molar-refractivity contribution in [3.05, 3.63) is 58.3 Å². The SMILES string of the molecule is O=C1COc2ccccc2N1Cc1cc(F)cc(Br)c1. The molecule has 0 radical (unpaired) electrons. The van der Waals surface area contributed by atoms with Crippen LogP contribution in [-0.2, 0) is 11.3 Å². The van der Waals surface area contributed by atoms with E-state index in [1.807, 2.05) is 24.3 Å². The van der Waals surface area contributed by atoms with E-state index in [2.05, 4.69) is 15.9 Å². The van der Waals surface area contributed by atoms with E-state index in [1.54, 1.807) is 11.0 Å². The summed E-state index contributed by atoms with van der Waals surface area (Å²) in [6.45, 7) is 0.322. The van der Waals surface area contributed by atoms with Crippen LogP contribution in [0.4, 0.5) is 10.1 Å². The topological polar surface area (TPSA) is 29.5 Å². The Balaban J connectivity index is 1.95. The summed E-state index contributed by atoms with van der Waals surface area (Å²) in [5.41, 5.74) is 1.44. The molecule has 20 heavy (non-hydrogen) atoms. The highest BCUT2D eigenvalue weighted by atomic mass is 79.9. The molecule has 0 spiro atoms. The van der Waals surface area contributed by atoms with Crippen LogP contribution >= 0.6 is 15.9 Å². The number of carbonyl (C=O) groups is 1. The fourth-order valence-corrected chi connectivity index (χ4v) is 2.72. The van der Waals surface area contributed by atoms with Crippen LogP contribution < -0.4 is 9.64 Å². The average Bonchev–Trinajstić information content (AvgIpc) is 2.41. The van der Waals surface area contributed by atoms with Gasteiger partial charge in [-0.05, 0) is 35.9 Å². The van der Waals surface area contributed by atoms with Crippen molar-refractivity contribution in [2.24, 2.45) is 0 Å². The number of halogens is 2. The van der Waals surface area contributed by atoms with Gasteiger partial charge in [-0.25, -0.2) is 4.39 Å². The average molecular weight is 336 g/mol. The Hall–Kier alpha value is -1.88. The van der Waals surface area contributed by atoms with E-state index >= 15 is 0 Å². The van der Waals surface area contributed by atoms with Crippen molar-refractivity contribution in [3.8, 4) is 5.75 Å². The van der Waals surface area contributed by atoms with Gasteiger partial charge >= 0.3 is 0 Å². The smallest absolute Gasteiger partial charge is 0.265 e. The molecule has 1 amide bonds. The lowest BCUT2D eigenvalue weighted by Gasteiger charge is -2.29. The van der Waals surface area contributed by atoms with Crippen LogP contribution in [-0.4, -0.2) is 12.5 Å². The summed E-state index contributed by atoms with van der Waals surface area (Å²) in [6.07, 6.45) is 0. The molecule has 0 aliphatic carbocycles. The summed E-state index contributed by atoms with van der Waals surface area (Å²) in [7, 11) is 0. The number of hydrogen-bond acceptors (Lipinski definition) is 2. The molecule has 102 valence electrons. The van der Waals surface area contributed by atoms with Gasteiger partial charge < -0.3 is 9.64 Å². The number of para-hydroxylation sites is 2. The number of ether oxygens (including phenoxy) is 1. The number of rotatable bonds is 2. The molecule has 1 heterocycles. The van der Waals surface area contributed by atoms with Crippen molar-refractivity contribution in [2.45, 2.75) is 6.54 Å². The van der Waals surface area contributed by atoms with Gasteiger partial charge in [-0.1, -0.05) is 28.1 Å². The number of carbonyl (C=O) groups excluding carboxylic acids is 1. The Kier molecular flexibility index (Phi) is 3.44. The molecule has 3 rings (SSSR count). The van der Waals surface area contributed by atoms with Crippen molar-refractivity contribution >= 4 is 27.5 Å². The van der Waals surface area contributed by atoms with Gasteiger partial charge in [0.25, 0.3) is 5.91 Å². The first-order chi connectivity index (χ1) is 9.63. The molecule has 0 bridgehead atoms. The zero-order valence-electron chi connectivity index (χ0n) is 10.5. The lowest BCUT2D eigenvalue weighted by Crippen LogP contribution is -2.38. The quantitative estimate of drug-likeness (QED) is 0.840. The van der Waals surface area contributed by atoms with Crippen molar-refractivity contribution in [1.82, 2.24) is 0 Å². The van der Waals surface area contributed by atoms with E-state index in [0.717, 1.165) is 5.56 Å². The van der Waals surface area contributed by atoms with Crippen LogP contribution in [0.25, 0.3) is 0 Å². The fourth-order valence-electron chi connectivity index (χ4n) is 2.21. The first-order valence-electron chi connectivity index (χ1n) is 6.10. The van der Waals surface area contributed by atoms with Gasteiger partial charge in [0, 0.05) is 4.47 Å². The predicted molar refractivity (Wildman–Crippen MR) is 77.2 cm³/mol. The van der Waals surface area contributed by atoms with Gasteiger partial charge in [0.05, 0.1) is 12.2 Å². The highest BCUT2D eigenvalue weighted by Gasteiger charge is 2.25. The van der Waals surface area contributed by atoms with Crippen LogP contribution in [0, 0.1) is 5.82 Å². The van der Waals surface area contributed by atoms with Gasteiger partial charge in [-0.2, -0.15) is 0 Å². The van der Waals surface area contributed by atoms with Gasteiger partial charge in [0.1, 0.15) is 11.6 Å². The summed E-state index contributed by atoms with van der Waals surface area (Å²) in [5, 5.41) is 0. The second kappa shape index (κ2) is 5.25. The fraction of sp³-hybridized carbons (Fsp3) is 0.133. The van der Waals surface area contributed by atoms with Crippen LogP contribution in [0.3, 0.4) is 0 Å². The number of benzene rings is 2. The maximum absolute atomic E-state index is 13.4. The Morgan fingerprint density at radius 3 is 2.85 bits per heavy atom. The van der Waals surface area contributed by atoms with Crippen LogP contribution in [0.2, 0.25) is 0 Å². The van der Waals surface area contributed by atoms with Gasteiger partial charge in [0.2, 0.25) is 0 Å². The highest BCUT2D eigenvalue weighted by molar-refractivity contribution is 9.10. The molecule has 0 fully saturated rings. The molecular weight excluding hydrogens is 325 g/mol. The van der Waals surface area contributed by atoms with E-state index in [4.69, 9.17) is 4.74 Å². The molecule has 0 unspecified atom stereocenters. The summed E-state index contributed by atoms with van der Waals surface area (Å²) in [4.78, 5) is 13.6. The number of fused-ring (bicyclic) bond motifs is 1. The monoisotopic (exact) mass is 335 g/mol. The van der Waals surface area contributed by atoms with Crippen molar-refractivity contribution in [3.63, 3.8) is 0 Å². The highest BCUT2D eigenvalue weighted by Crippen LogP contribution is 2.32. The number of amides is 1. The largest absolute Gasteiger partial charge is 0.482 e. The van der Waals surface area contributed by atoms with E-state index in [9.17, 15) is 9.18 Å². The van der Waals surface area contributed by atoms with E-state index in [1.165, 1.54) is 12.1 Å². The van der Waals surface area contributed by atoms with Gasteiger partial charge in [-0.15, -0.1) is 0 Å². The zero-order chi connectivity index (χ0) is 14.1. The molecular formula is C15H11BrFNO2. The van der Waals surface area contributed by atoms with Crippen molar-refractivity contribution in [2.75, 3.05) is 11.5 Å². The van der Waals surface area contributed by atoms with Gasteiger partial charge in [0.15, 0.2) is 6.61 Å². The standard InChI is InChI=1S/C15H11BrFNO2/c16-11-5-10(6-12(17)7-11)8-18-13-3-1-2-4-14(13)20-9-15(18)19/h1-7H,8-9H2. The third kappa shape index (κ3) is 2.54. The molecule has 2 aromatic carbocycles. The second-order valence-electron chi connectivity index (χ2n) is 4.51. The lowest BCUT2D eigenvalue weighted by molar-refractivity contribution is -0.121. The zero-order valence-corrected chi connectivity index (χ0v) is 12.1. The Morgan fingerprint density at radius 2 is 2.05 bits per heavy atom. The van der Waals surface area contributed by atoms with Gasteiger partial charge in [-0.3, -0.25) is 4.79 Å². The molecule has 0 aromatic heterocycles. The molecule has 0 saturated carbocycles. The summed E-state index contributed by atoms with van der Waals surface area (Å²) < 4.78 is 19.4. The predicted octanol–water partition coefficient (Wildman–Crippen LogP) is 3.51. The molecule has 3 nitrogen and oxygen atoms in total. The third-order valence-corrected chi connectivity index (χ3v) is 3.53. The first-order valence-corrected chi connectivity index (χ1v) is 6.90. The lowest BCUT2D eigenvalue weighted by atomic mass is 10.1. The molecule has 0 N–H and O–H groups in total. The number of anilines is 1. The molecule has 2 aromatic rings. The Bertz CT molecular complexity index is 654. The minimum atomic E-state index is -0.330. The van der Waals surface area contributed by atoms with Crippen LogP contribution in [0.5, 0.6) is 5.75 Å². The second-order valence-corrected chi connectivity index (χ2v) is 5.43. The molecule has 0 atom stereocenters. The summed E-state index contributed by atoms with van der Waals surface area (Å²) in [6, 6.07) is 11.9. The summed E-state index contributed by atoms with van der Waals surface area (Å²) in [5.74, 6) is 0.204. The first kappa shape index (κ1) is 13.1. The van der Waals surface area contributed by atoms with E-state index < -0.39 is 0 Å². The van der Waals surface area contributed by atoms with Crippen molar-refractivity contribution in [1.29, 1.82) is 0 Å². The molecule has 1 aliphatic heterocycles. The number of hydrogen-bond donors (Lipinski definition) is 0. The maximum atomic E-state index is 13.4. The van der Waals surface area contributed by atoms with Crippen LogP contribution in [0.15, 0.2) is 46.9 Å². The Morgan fingerprint density at radius 1 is 1.25 bits per heavy atom.